The van der Waals surface area contributed by atoms with E-state index < -0.39 is 10.0 Å². The summed E-state index contributed by atoms with van der Waals surface area (Å²) < 4.78 is 22.1. The van der Waals surface area contributed by atoms with Crippen LogP contribution in [0.2, 0.25) is 0 Å². The summed E-state index contributed by atoms with van der Waals surface area (Å²) in [7, 11) is -3.69. The molecule has 4 nitrogen and oxygen atoms in total. The summed E-state index contributed by atoms with van der Waals surface area (Å²) in [6.07, 6.45) is 1.42. The van der Waals surface area contributed by atoms with Crippen LogP contribution >= 0.6 is 0 Å². The number of sulfonamides is 1. The zero-order valence-electron chi connectivity index (χ0n) is 8.56. The monoisotopic (exact) mass is 239 g/mol. The third-order valence-corrected chi connectivity index (χ3v) is 2.57. The number of pyridine rings is 1. The Morgan fingerprint density at radius 3 is 2.36 bits per heavy atom. The molecule has 2 N–H and O–H groups in total. The second-order valence-electron chi connectivity index (χ2n) is 3.10. The Hall–Kier alpha value is 0.696. The van der Waals surface area contributed by atoms with Gasteiger partial charge in [-0.2, -0.15) is 0 Å². The molecular formula is C8H12KN2O2S. The van der Waals surface area contributed by atoms with E-state index in [4.69, 9.17) is 5.14 Å². The van der Waals surface area contributed by atoms with Gasteiger partial charge in [0, 0.05) is 57.6 Å². The Kier molecular flexibility index (Phi) is 5.97. The number of hydrogen-bond acceptors (Lipinski definition) is 3. The van der Waals surface area contributed by atoms with Crippen molar-refractivity contribution in [1.29, 1.82) is 0 Å². The maximum Gasteiger partial charge on any atom is 0.255 e. The van der Waals surface area contributed by atoms with Crippen molar-refractivity contribution < 1.29 is 8.42 Å². The van der Waals surface area contributed by atoms with E-state index in [1.165, 1.54) is 6.20 Å². The molecule has 14 heavy (non-hydrogen) atoms. The van der Waals surface area contributed by atoms with E-state index in [9.17, 15) is 8.42 Å². The first-order chi connectivity index (χ1) is 5.93. The van der Waals surface area contributed by atoms with Gasteiger partial charge in [0.25, 0.3) is 10.0 Å². The number of hydrogen-bond donors (Lipinski definition) is 1. The molecule has 6 heteroatoms. The maximum absolute atomic E-state index is 11.1. The van der Waals surface area contributed by atoms with E-state index in [0.29, 0.717) is 5.56 Å². The molecule has 0 aliphatic rings. The summed E-state index contributed by atoms with van der Waals surface area (Å²) in [5.41, 5.74) is 0.657. The van der Waals surface area contributed by atoms with Gasteiger partial charge < -0.3 is 0 Å². The zero-order chi connectivity index (χ0) is 10.1. The van der Waals surface area contributed by atoms with E-state index in [2.05, 4.69) is 4.98 Å². The first-order valence-corrected chi connectivity index (χ1v) is 5.45. The Labute approximate surface area is 127 Å². The number of rotatable bonds is 2. The second-order valence-corrected chi connectivity index (χ2v) is 4.57. The third-order valence-electron chi connectivity index (χ3n) is 1.69. The predicted molar refractivity (Wildman–Crippen MR) is 55.5 cm³/mol. The molecule has 0 aliphatic heterocycles. The van der Waals surface area contributed by atoms with E-state index in [1.807, 2.05) is 13.8 Å². The van der Waals surface area contributed by atoms with Crippen molar-refractivity contribution in [2.75, 3.05) is 0 Å². The van der Waals surface area contributed by atoms with E-state index in [1.54, 1.807) is 12.1 Å². The first kappa shape index (κ1) is 14.7. The molecule has 0 bridgehead atoms. The van der Waals surface area contributed by atoms with E-state index >= 15 is 0 Å². The van der Waals surface area contributed by atoms with Gasteiger partial charge in [-0.15, -0.1) is 0 Å². The molecule has 0 aromatic carbocycles. The van der Waals surface area contributed by atoms with Gasteiger partial charge in [0.1, 0.15) is 0 Å². The fourth-order valence-corrected chi connectivity index (χ4v) is 1.92. The largest absolute Gasteiger partial charge is 0.255 e. The molecule has 0 amide bonds. The first-order valence-electron chi connectivity index (χ1n) is 3.90. The fourth-order valence-electron chi connectivity index (χ4n) is 1.08. The van der Waals surface area contributed by atoms with Crippen LogP contribution in [0.1, 0.15) is 25.3 Å². The Balaban J connectivity index is 0.00000169. The summed E-state index contributed by atoms with van der Waals surface area (Å²) in [6, 6.07) is 3.42. The van der Waals surface area contributed by atoms with Gasteiger partial charge in [0.15, 0.2) is 5.03 Å². The van der Waals surface area contributed by atoms with Crippen molar-refractivity contribution in [3.05, 3.63) is 23.9 Å². The van der Waals surface area contributed by atoms with Crippen LogP contribution in [0.4, 0.5) is 0 Å². The molecule has 0 aliphatic carbocycles. The van der Waals surface area contributed by atoms with Gasteiger partial charge in [-0.1, -0.05) is 19.9 Å². The summed E-state index contributed by atoms with van der Waals surface area (Å²) in [5.74, 6) is 0.0991. The van der Waals surface area contributed by atoms with Crippen LogP contribution in [0.5, 0.6) is 0 Å². The molecule has 0 saturated carbocycles. The second kappa shape index (κ2) is 5.69. The van der Waals surface area contributed by atoms with Gasteiger partial charge in [0.2, 0.25) is 0 Å². The van der Waals surface area contributed by atoms with E-state index in [0.717, 1.165) is 0 Å². The number of nitrogens with two attached hydrogens (primary N) is 1. The van der Waals surface area contributed by atoms with Gasteiger partial charge in [0.05, 0.1) is 0 Å². The molecule has 0 saturated heterocycles. The average Bonchev–Trinajstić information content (AvgIpc) is 2.03. The Bertz CT molecular complexity index is 404. The number of nitrogens with zero attached hydrogens (tertiary/aromatic N) is 1. The van der Waals surface area contributed by atoms with Crippen LogP contribution in [0.15, 0.2) is 23.4 Å². The van der Waals surface area contributed by atoms with Gasteiger partial charge >= 0.3 is 0 Å². The van der Waals surface area contributed by atoms with Crippen molar-refractivity contribution in [3.63, 3.8) is 0 Å². The fraction of sp³-hybridized carbons (Fsp3) is 0.375. The summed E-state index contributed by atoms with van der Waals surface area (Å²) in [5, 5.41) is 4.98. The normalized spacial score (nSPS) is 11.1. The molecule has 1 aromatic heterocycles. The van der Waals surface area contributed by atoms with Gasteiger partial charge in [-0.05, 0) is 17.5 Å². The minimum absolute atomic E-state index is 0. The van der Waals surface area contributed by atoms with Gasteiger partial charge in [-0.25, -0.2) is 18.5 Å². The van der Waals surface area contributed by atoms with Crippen LogP contribution in [0.3, 0.4) is 0 Å². The molecule has 0 atom stereocenters. The smallest absolute Gasteiger partial charge is 0.243 e. The maximum atomic E-state index is 11.1. The minimum Gasteiger partial charge on any atom is -0.243 e. The molecule has 1 aromatic rings. The molecule has 0 fully saturated rings. The summed E-state index contributed by atoms with van der Waals surface area (Å²) in [4.78, 5) is 3.76. The van der Waals surface area contributed by atoms with Crippen LogP contribution in [0.25, 0.3) is 0 Å². The summed E-state index contributed by atoms with van der Waals surface area (Å²) >= 11 is 0. The van der Waals surface area contributed by atoms with Crippen LogP contribution < -0.4 is 5.14 Å². The molecule has 0 unspecified atom stereocenters. The molecular weight excluding hydrogens is 227 g/mol. The van der Waals surface area contributed by atoms with Gasteiger partial charge in [-0.3, -0.25) is 0 Å². The Morgan fingerprint density at radius 2 is 2.00 bits per heavy atom. The van der Waals surface area contributed by atoms with E-state index in [-0.39, 0.29) is 62.3 Å². The van der Waals surface area contributed by atoms with Crippen molar-refractivity contribution in [2.45, 2.75) is 24.8 Å². The molecule has 1 radical (unpaired) electrons. The predicted octanol–water partition coefficient (Wildman–Crippen LogP) is 0.472. The molecule has 73 valence electrons. The molecule has 1 heterocycles. The van der Waals surface area contributed by atoms with Crippen molar-refractivity contribution in [3.8, 4) is 0 Å². The van der Waals surface area contributed by atoms with Crippen LogP contribution in [-0.4, -0.2) is 64.8 Å². The summed E-state index contributed by atoms with van der Waals surface area (Å²) in [6.45, 7) is 3.79. The molecule has 1 rings (SSSR count). The SMILES string of the molecule is CC(C)c1cccnc1S(N)(=O)=O.[K]. The number of aromatic nitrogens is 1. The topological polar surface area (TPSA) is 73.0 Å². The standard InChI is InChI=1S/C8H12N2O2S.K/c1-6(2)7-4-3-5-10-8(7)13(9,11)12;/h3-6H,1-2H3,(H2,9,11,12);. The van der Waals surface area contributed by atoms with Crippen molar-refractivity contribution in [1.82, 2.24) is 4.98 Å². The quantitative estimate of drug-likeness (QED) is 0.763. The number of primary sulfonamides is 1. The average molecular weight is 239 g/mol. The molecule has 0 spiro atoms. The van der Waals surface area contributed by atoms with Crippen LogP contribution in [0, 0.1) is 0 Å². The van der Waals surface area contributed by atoms with Crippen molar-refractivity contribution >= 4 is 61.4 Å². The third kappa shape index (κ3) is 3.69. The Morgan fingerprint density at radius 1 is 1.43 bits per heavy atom. The van der Waals surface area contributed by atoms with Crippen LogP contribution in [-0.2, 0) is 10.0 Å². The minimum atomic E-state index is -3.69. The zero-order valence-corrected chi connectivity index (χ0v) is 12.5. The van der Waals surface area contributed by atoms with Crippen molar-refractivity contribution in [2.24, 2.45) is 5.14 Å².